The third-order valence-electron chi connectivity index (χ3n) is 6.62. The van der Waals surface area contributed by atoms with Crippen molar-refractivity contribution in [2.45, 2.75) is 48.5 Å². The molecule has 0 radical (unpaired) electrons. The van der Waals surface area contributed by atoms with E-state index in [-0.39, 0.29) is 23.0 Å². The average molecular weight is 603 g/mol. The number of amides is 2. The molecule has 0 saturated carbocycles. The number of aliphatic carboxylic acids is 1. The van der Waals surface area contributed by atoms with Crippen LogP contribution in [-0.2, 0) is 30.8 Å². The monoisotopic (exact) mass is 602 g/mol. The maximum atomic E-state index is 13.3. The summed E-state index contributed by atoms with van der Waals surface area (Å²) >= 11 is 1.31. The number of rotatable bonds is 12. The van der Waals surface area contributed by atoms with Gasteiger partial charge in [0.15, 0.2) is 5.96 Å². The normalized spacial score (nSPS) is 19.6. The number of aliphatic imine (C=N–C) groups is 1. The van der Waals surface area contributed by atoms with Gasteiger partial charge in [0.2, 0.25) is 21.8 Å². The summed E-state index contributed by atoms with van der Waals surface area (Å²) in [4.78, 5) is 41.8. The number of thioether (sulfide) groups is 1. The number of carboxylic acid groups (broad SMARTS) is 1. The molecule has 41 heavy (non-hydrogen) atoms. The Morgan fingerprint density at radius 3 is 2.54 bits per heavy atom. The Balaban J connectivity index is 1.31. The maximum Gasteiger partial charge on any atom is 0.326 e. The number of nitrogens with one attached hydrogen (secondary N) is 4. The van der Waals surface area contributed by atoms with Gasteiger partial charge in [0, 0.05) is 37.4 Å². The first-order valence-electron chi connectivity index (χ1n) is 13.3. The molecule has 5 N–H and O–H groups in total. The SMILES string of the molecule is CC1SC[C@@H](C(=O)N[C@@H](Cc2ccc(NC(=O)CCCNC3=NCCN3)cc2)C(=O)O)N1S(=O)(=O)c1ccccc1. The second kappa shape index (κ2) is 13.8. The van der Waals surface area contributed by atoms with Crippen molar-refractivity contribution in [2.24, 2.45) is 4.99 Å². The summed E-state index contributed by atoms with van der Waals surface area (Å²) in [6.07, 6.45) is 0.941. The van der Waals surface area contributed by atoms with Gasteiger partial charge in [-0.25, -0.2) is 13.2 Å². The zero-order valence-corrected chi connectivity index (χ0v) is 24.2. The molecule has 0 spiro atoms. The number of guanidine groups is 1. The minimum atomic E-state index is -3.97. The van der Waals surface area contributed by atoms with Gasteiger partial charge in [-0.3, -0.25) is 14.6 Å². The van der Waals surface area contributed by atoms with Crippen molar-refractivity contribution in [3.8, 4) is 0 Å². The van der Waals surface area contributed by atoms with E-state index in [1.165, 1.54) is 23.9 Å². The van der Waals surface area contributed by atoms with Crippen LogP contribution in [0.1, 0.15) is 25.3 Å². The number of sulfonamides is 1. The summed E-state index contributed by atoms with van der Waals surface area (Å²) in [5.74, 6) is -1.08. The van der Waals surface area contributed by atoms with Crippen molar-refractivity contribution < 1.29 is 27.9 Å². The number of carbonyl (C=O) groups excluding carboxylic acids is 2. The van der Waals surface area contributed by atoms with Crippen LogP contribution in [0.25, 0.3) is 0 Å². The molecule has 2 aliphatic rings. The van der Waals surface area contributed by atoms with Gasteiger partial charge in [-0.05, 0) is 43.2 Å². The molecule has 2 aromatic carbocycles. The van der Waals surface area contributed by atoms with Crippen LogP contribution in [0.15, 0.2) is 64.5 Å². The highest BCUT2D eigenvalue weighted by atomic mass is 32.2. The molecule has 0 aromatic heterocycles. The third-order valence-corrected chi connectivity index (χ3v) is 9.97. The molecule has 0 aliphatic carbocycles. The fourth-order valence-corrected chi connectivity index (χ4v) is 7.85. The highest BCUT2D eigenvalue weighted by molar-refractivity contribution is 8.01. The molecule has 2 heterocycles. The Labute approximate surface area is 243 Å². The Hall–Kier alpha value is -3.62. The van der Waals surface area contributed by atoms with Crippen molar-refractivity contribution in [1.29, 1.82) is 0 Å². The fourth-order valence-electron chi connectivity index (χ4n) is 4.52. The van der Waals surface area contributed by atoms with Gasteiger partial charge in [-0.15, -0.1) is 11.8 Å². The second-order valence-corrected chi connectivity index (χ2v) is 12.8. The Morgan fingerprint density at radius 1 is 1.15 bits per heavy atom. The van der Waals surface area contributed by atoms with E-state index in [2.05, 4.69) is 26.3 Å². The number of hydrogen-bond acceptors (Lipinski definition) is 9. The number of nitrogens with zero attached hydrogens (tertiary/aromatic N) is 2. The highest BCUT2D eigenvalue weighted by Gasteiger charge is 2.45. The lowest BCUT2D eigenvalue weighted by Gasteiger charge is -2.27. The lowest BCUT2D eigenvalue weighted by Crippen LogP contribution is -2.53. The summed E-state index contributed by atoms with van der Waals surface area (Å²) in [5.41, 5.74) is 1.20. The molecule has 2 aliphatic heterocycles. The molecule has 0 bridgehead atoms. The van der Waals surface area contributed by atoms with Gasteiger partial charge in [0.25, 0.3) is 0 Å². The first kappa shape index (κ1) is 30.3. The molecule has 4 rings (SSSR count). The van der Waals surface area contributed by atoms with Crippen molar-refractivity contribution in [3.05, 3.63) is 60.2 Å². The molecule has 1 saturated heterocycles. The van der Waals surface area contributed by atoms with Crippen LogP contribution in [0.4, 0.5) is 5.69 Å². The average Bonchev–Trinajstić information content (AvgIpc) is 3.62. The molecule has 12 nitrogen and oxygen atoms in total. The predicted molar refractivity (Wildman–Crippen MR) is 157 cm³/mol. The molecular weight excluding hydrogens is 568 g/mol. The van der Waals surface area contributed by atoms with Gasteiger partial charge in [0.1, 0.15) is 12.1 Å². The summed E-state index contributed by atoms with van der Waals surface area (Å²) in [6.45, 7) is 3.88. The van der Waals surface area contributed by atoms with E-state index in [0.717, 1.165) is 23.4 Å². The number of carboxylic acids is 1. The first-order chi connectivity index (χ1) is 19.6. The Kier molecular flexibility index (Phi) is 10.2. The van der Waals surface area contributed by atoms with Gasteiger partial charge >= 0.3 is 5.97 Å². The Bertz CT molecular complexity index is 1370. The molecule has 2 amide bonds. The molecule has 14 heteroatoms. The third kappa shape index (κ3) is 7.99. The largest absolute Gasteiger partial charge is 0.480 e. The zero-order valence-electron chi connectivity index (χ0n) is 22.6. The van der Waals surface area contributed by atoms with Crippen LogP contribution >= 0.6 is 11.8 Å². The summed E-state index contributed by atoms with van der Waals surface area (Å²) in [5, 5.41) is 20.9. The lowest BCUT2D eigenvalue weighted by atomic mass is 10.0. The second-order valence-electron chi connectivity index (χ2n) is 9.63. The van der Waals surface area contributed by atoms with E-state index in [0.29, 0.717) is 30.6 Å². The molecule has 2 aromatic rings. The van der Waals surface area contributed by atoms with Crippen LogP contribution in [0.5, 0.6) is 0 Å². The molecule has 1 fully saturated rings. The maximum absolute atomic E-state index is 13.3. The number of carbonyl (C=O) groups is 3. The van der Waals surface area contributed by atoms with Crippen molar-refractivity contribution >= 4 is 51.2 Å². The molecular formula is C27H34N6O6S2. The van der Waals surface area contributed by atoms with Crippen LogP contribution in [0, 0.1) is 0 Å². The Morgan fingerprint density at radius 2 is 1.88 bits per heavy atom. The highest BCUT2D eigenvalue weighted by Crippen LogP contribution is 2.34. The minimum absolute atomic E-state index is 0.0141. The minimum Gasteiger partial charge on any atom is -0.480 e. The first-order valence-corrected chi connectivity index (χ1v) is 15.8. The van der Waals surface area contributed by atoms with Gasteiger partial charge in [-0.2, -0.15) is 4.31 Å². The van der Waals surface area contributed by atoms with Crippen LogP contribution in [0.3, 0.4) is 0 Å². The topological polar surface area (TPSA) is 169 Å². The summed E-state index contributed by atoms with van der Waals surface area (Å²) in [7, 11) is -3.97. The molecule has 1 unspecified atom stereocenters. The lowest BCUT2D eigenvalue weighted by molar-refractivity contribution is -0.142. The summed E-state index contributed by atoms with van der Waals surface area (Å²) in [6, 6.07) is 12.3. The quantitative estimate of drug-likeness (QED) is 0.224. The van der Waals surface area contributed by atoms with Crippen molar-refractivity contribution in [3.63, 3.8) is 0 Å². The van der Waals surface area contributed by atoms with E-state index in [9.17, 15) is 27.9 Å². The van der Waals surface area contributed by atoms with E-state index in [1.807, 2.05) is 0 Å². The molecule has 220 valence electrons. The fraction of sp³-hybridized carbons (Fsp3) is 0.407. The van der Waals surface area contributed by atoms with Gasteiger partial charge < -0.3 is 26.4 Å². The van der Waals surface area contributed by atoms with Crippen LogP contribution < -0.4 is 21.3 Å². The number of hydrogen-bond donors (Lipinski definition) is 5. The van der Waals surface area contributed by atoms with E-state index in [4.69, 9.17) is 0 Å². The molecule has 3 atom stereocenters. The van der Waals surface area contributed by atoms with E-state index >= 15 is 0 Å². The van der Waals surface area contributed by atoms with Crippen LogP contribution in [0.2, 0.25) is 0 Å². The number of benzene rings is 2. The summed E-state index contributed by atoms with van der Waals surface area (Å²) < 4.78 is 27.7. The van der Waals surface area contributed by atoms with Gasteiger partial charge in [-0.1, -0.05) is 30.3 Å². The number of anilines is 1. The van der Waals surface area contributed by atoms with Gasteiger partial charge in [0.05, 0.1) is 16.8 Å². The van der Waals surface area contributed by atoms with Crippen molar-refractivity contribution in [1.82, 2.24) is 20.3 Å². The van der Waals surface area contributed by atoms with E-state index in [1.54, 1.807) is 49.4 Å². The van der Waals surface area contributed by atoms with E-state index < -0.39 is 39.4 Å². The smallest absolute Gasteiger partial charge is 0.326 e. The predicted octanol–water partition coefficient (Wildman–Crippen LogP) is 1.22. The van der Waals surface area contributed by atoms with Crippen molar-refractivity contribution in [2.75, 3.05) is 30.7 Å². The zero-order chi connectivity index (χ0) is 29.4. The standard InChI is InChI=1S/C27H34N6O6S2/c1-18-33(41(38,39)21-6-3-2-4-7-21)23(17-40-18)25(35)32-22(26(36)37)16-19-9-11-20(12-10-19)31-24(34)8-5-13-28-27-29-14-15-30-27/h2-4,6-7,9-12,18,22-23H,5,8,13-17H2,1H3,(H,31,34)(H,32,35)(H,36,37)(H2,28,29,30)/t18?,22-,23-/m0/s1. The van der Waals surface area contributed by atoms with Crippen LogP contribution in [-0.4, -0.2) is 84.4 Å².